The molecule has 0 bridgehead atoms. The van der Waals surface area contributed by atoms with Gasteiger partial charge in [0, 0.05) is 31.3 Å². The predicted molar refractivity (Wildman–Crippen MR) is 82.9 cm³/mol. The predicted octanol–water partition coefficient (Wildman–Crippen LogP) is 2.88. The SMILES string of the molecule is C=CCC(C)(O)CCOC(=O)N(C)c1ccc([N+](=O)[O-])cc1. The molecule has 0 saturated carbocycles. The minimum Gasteiger partial charge on any atom is -0.449 e. The number of benzene rings is 1. The van der Waals surface area contributed by atoms with E-state index >= 15 is 0 Å². The number of anilines is 1. The monoisotopic (exact) mass is 308 g/mol. The van der Waals surface area contributed by atoms with Crippen LogP contribution < -0.4 is 4.90 Å². The first-order valence-electron chi connectivity index (χ1n) is 6.75. The molecule has 0 aliphatic rings. The maximum atomic E-state index is 11.9. The Hall–Kier alpha value is -2.41. The van der Waals surface area contributed by atoms with Crippen molar-refractivity contribution in [3.8, 4) is 0 Å². The van der Waals surface area contributed by atoms with E-state index in [0.29, 0.717) is 18.5 Å². The van der Waals surface area contributed by atoms with Crippen molar-refractivity contribution in [2.45, 2.75) is 25.4 Å². The minimum absolute atomic E-state index is 0.0500. The molecule has 0 aliphatic heterocycles. The lowest BCUT2D eigenvalue weighted by Crippen LogP contribution is -2.30. The highest BCUT2D eigenvalue weighted by atomic mass is 16.6. The number of carbonyl (C=O) groups is 1. The van der Waals surface area contributed by atoms with Crippen molar-refractivity contribution < 1.29 is 19.6 Å². The van der Waals surface area contributed by atoms with E-state index in [4.69, 9.17) is 4.74 Å². The highest BCUT2D eigenvalue weighted by Crippen LogP contribution is 2.19. The molecule has 1 unspecified atom stereocenters. The van der Waals surface area contributed by atoms with Crippen molar-refractivity contribution in [3.63, 3.8) is 0 Å². The smallest absolute Gasteiger partial charge is 0.414 e. The summed E-state index contributed by atoms with van der Waals surface area (Å²) in [4.78, 5) is 23.2. The first kappa shape index (κ1) is 17.6. The molecular formula is C15H20N2O5. The van der Waals surface area contributed by atoms with E-state index in [0.717, 1.165) is 0 Å². The van der Waals surface area contributed by atoms with Crippen LogP contribution in [-0.2, 0) is 4.74 Å². The molecule has 1 aromatic rings. The van der Waals surface area contributed by atoms with E-state index in [1.807, 2.05) is 0 Å². The molecule has 0 aromatic heterocycles. The Morgan fingerprint density at radius 2 is 2.09 bits per heavy atom. The summed E-state index contributed by atoms with van der Waals surface area (Å²) in [5.74, 6) is 0. The van der Waals surface area contributed by atoms with Crippen molar-refractivity contribution in [2.75, 3.05) is 18.6 Å². The average Bonchev–Trinajstić information content (AvgIpc) is 2.46. The number of hydrogen-bond donors (Lipinski definition) is 1. The Labute approximate surface area is 129 Å². The molecule has 0 aliphatic carbocycles. The summed E-state index contributed by atoms with van der Waals surface area (Å²) in [6.07, 6.45) is 1.70. The number of rotatable bonds is 7. The third kappa shape index (κ3) is 5.17. The third-order valence-corrected chi connectivity index (χ3v) is 3.17. The number of nitrogens with zero attached hydrogens (tertiary/aromatic N) is 2. The second kappa shape index (κ2) is 7.56. The molecule has 0 heterocycles. The molecule has 0 radical (unpaired) electrons. The van der Waals surface area contributed by atoms with Crippen LogP contribution in [0.15, 0.2) is 36.9 Å². The van der Waals surface area contributed by atoms with Crippen molar-refractivity contribution in [3.05, 3.63) is 47.0 Å². The fourth-order valence-electron chi connectivity index (χ4n) is 1.77. The maximum Gasteiger partial charge on any atom is 0.414 e. The highest BCUT2D eigenvalue weighted by Gasteiger charge is 2.20. The van der Waals surface area contributed by atoms with Crippen LogP contribution in [-0.4, -0.2) is 35.4 Å². The summed E-state index contributed by atoms with van der Waals surface area (Å²) in [5, 5.41) is 20.5. The largest absolute Gasteiger partial charge is 0.449 e. The summed E-state index contributed by atoms with van der Waals surface area (Å²) in [7, 11) is 1.51. The van der Waals surface area contributed by atoms with Crippen LogP contribution in [0.1, 0.15) is 19.8 Å². The first-order valence-corrected chi connectivity index (χ1v) is 6.75. The number of carbonyl (C=O) groups excluding carboxylic acids is 1. The molecule has 1 atom stereocenters. The lowest BCUT2D eigenvalue weighted by atomic mass is 9.99. The van der Waals surface area contributed by atoms with Crippen LogP contribution in [0.2, 0.25) is 0 Å². The van der Waals surface area contributed by atoms with Gasteiger partial charge in [0.05, 0.1) is 17.1 Å². The van der Waals surface area contributed by atoms with Gasteiger partial charge in [-0.05, 0) is 25.5 Å². The van der Waals surface area contributed by atoms with Gasteiger partial charge < -0.3 is 9.84 Å². The topological polar surface area (TPSA) is 92.9 Å². The molecule has 1 rings (SSSR count). The van der Waals surface area contributed by atoms with Gasteiger partial charge >= 0.3 is 6.09 Å². The highest BCUT2D eigenvalue weighted by molar-refractivity contribution is 5.87. The lowest BCUT2D eigenvalue weighted by Gasteiger charge is -2.22. The normalized spacial score (nSPS) is 13.0. The first-order chi connectivity index (χ1) is 10.3. The van der Waals surface area contributed by atoms with Gasteiger partial charge in [0.15, 0.2) is 0 Å². The van der Waals surface area contributed by atoms with Gasteiger partial charge in [0.2, 0.25) is 0 Å². The summed E-state index contributed by atoms with van der Waals surface area (Å²) in [5.41, 5.74) is -0.534. The number of nitro groups is 1. The number of non-ortho nitro benzene ring substituents is 1. The quantitative estimate of drug-likeness (QED) is 0.475. The number of amides is 1. The number of hydrogen-bond acceptors (Lipinski definition) is 5. The fraction of sp³-hybridized carbons (Fsp3) is 0.400. The van der Waals surface area contributed by atoms with E-state index in [1.54, 1.807) is 13.0 Å². The van der Waals surface area contributed by atoms with Gasteiger partial charge in [-0.25, -0.2) is 4.79 Å². The van der Waals surface area contributed by atoms with Gasteiger partial charge in [-0.3, -0.25) is 15.0 Å². The van der Waals surface area contributed by atoms with Crippen molar-refractivity contribution in [1.29, 1.82) is 0 Å². The molecule has 22 heavy (non-hydrogen) atoms. The van der Waals surface area contributed by atoms with Gasteiger partial charge in [-0.1, -0.05) is 6.08 Å². The Morgan fingerprint density at radius 1 is 1.50 bits per heavy atom. The molecule has 1 N–H and O–H groups in total. The summed E-state index contributed by atoms with van der Waals surface area (Å²) < 4.78 is 5.08. The number of nitro benzene ring substituents is 1. The summed E-state index contributed by atoms with van der Waals surface area (Å²) >= 11 is 0. The molecule has 1 amide bonds. The van der Waals surface area contributed by atoms with E-state index < -0.39 is 16.6 Å². The summed E-state index contributed by atoms with van der Waals surface area (Å²) in [6.45, 7) is 5.26. The van der Waals surface area contributed by atoms with Crippen molar-refractivity contribution in [1.82, 2.24) is 0 Å². The van der Waals surface area contributed by atoms with Crippen LogP contribution in [0.5, 0.6) is 0 Å². The van der Waals surface area contributed by atoms with Gasteiger partial charge in [0.1, 0.15) is 0 Å². The van der Waals surface area contributed by atoms with Crippen LogP contribution in [0.3, 0.4) is 0 Å². The summed E-state index contributed by atoms with van der Waals surface area (Å²) in [6, 6.07) is 5.56. The van der Waals surface area contributed by atoms with E-state index in [-0.39, 0.29) is 12.3 Å². The Bertz CT molecular complexity index is 539. The zero-order valence-electron chi connectivity index (χ0n) is 12.7. The zero-order valence-corrected chi connectivity index (χ0v) is 12.7. The minimum atomic E-state index is -0.964. The van der Waals surface area contributed by atoms with Crippen molar-refractivity contribution in [2.24, 2.45) is 0 Å². The maximum absolute atomic E-state index is 11.9. The van der Waals surface area contributed by atoms with Gasteiger partial charge in [-0.15, -0.1) is 6.58 Å². The van der Waals surface area contributed by atoms with Gasteiger partial charge in [-0.2, -0.15) is 0 Å². The molecule has 120 valence electrons. The van der Waals surface area contributed by atoms with Crippen LogP contribution in [0.25, 0.3) is 0 Å². The third-order valence-electron chi connectivity index (χ3n) is 3.17. The standard InChI is InChI=1S/C15H20N2O5/c1-4-9-15(2,19)10-11-22-14(18)16(3)12-5-7-13(8-6-12)17(20)21/h4-8,19H,1,9-11H2,2-3H3. The number of ether oxygens (including phenoxy) is 1. The van der Waals surface area contributed by atoms with Crippen LogP contribution in [0, 0.1) is 10.1 Å². The molecule has 0 fully saturated rings. The zero-order chi connectivity index (χ0) is 16.8. The molecule has 7 nitrogen and oxygen atoms in total. The van der Waals surface area contributed by atoms with E-state index in [2.05, 4.69) is 6.58 Å². The van der Waals surface area contributed by atoms with Gasteiger partial charge in [0.25, 0.3) is 5.69 Å². The van der Waals surface area contributed by atoms with Crippen LogP contribution in [0.4, 0.5) is 16.2 Å². The fourth-order valence-corrected chi connectivity index (χ4v) is 1.77. The molecular weight excluding hydrogens is 288 g/mol. The molecule has 1 aromatic carbocycles. The van der Waals surface area contributed by atoms with Crippen molar-refractivity contribution >= 4 is 17.5 Å². The molecule has 0 spiro atoms. The molecule has 0 saturated heterocycles. The second-order valence-corrected chi connectivity index (χ2v) is 5.19. The second-order valence-electron chi connectivity index (χ2n) is 5.19. The van der Waals surface area contributed by atoms with E-state index in [9.17, 15) is 20.0 Å². The Kier molecular flexibility index (Phi) is 6.06. The average molecular weight is 308 g/mol. The Balaban J connectivity index is 2.54. The van der Waals surface area contributed by atoms with Crippen LogP contribution >= 0.6 is 0 Å². The number of aliphatic hydroxyl groups is 1. The Morgan fingerprint density at radius 3 is 2.59 bits per heavy atom. The molecule has 7 heteroatoms. The van der Waals surface area contributed by atoms with E-state index in [1.165, 1.54) is 36.2 Å². The lowest BCUT2D eigenvalue weighted by molar-refractivity contribution is -0.384.